The number of carbonyl (C=O) groups is 1. The lowest BCUT2D eigenvalue weighted by molar-refractivity contribution is 0.0975. The number of Topliss-reactive ketones (excluding diaryl/α,β-unsaturated/α-hetero) is 1. The summed E-state index contributed by atoms with van der Waals surface area (Å²) in [5.74, 6) is 0.230. The summed E-state index contributed by atoms with van der Waals surface area (Å²) in [5.41, 5.74) is 0.176. The average Bonchev–Trinajstić information content (AvgIpc) is 2.71. The first kappa shape index (κ1) is 24.2. The fourth-order valence-corrected chi connectivity index (χ4v) is 4.04. The molecule has 0 spiro atoms. The van der Waals surface area contributed by atoms with E-state index in [0.717, 1.165) is 19.3 Å². The summed E-state index contributed by atoms with van der Waals surface area (Å²) >= 11 is 0. The molecule has 1 heterocycles. The van der Waals surface area contributed by atoms with Gasteiger partial charge in [0, 0.05) is 12.5 Å². The number of ketones is 1. The number of carbonyl (C=O) groups excluding carboxylic acids is 1. The first-order valence-electron chi connectivity index (χ1n) is 11.8. The van der Waals surface area contributed by atoms with E-state index in [1.165, 1.54) is 82.4 Å². The molecule has 1 aromatic carbocycles. The van der Waals surface area contributed by atoms with Gasteiger partial charge in [-0.1, -0.05) is 84.0 Å². The minimum absolute atomic E-state index is 0.0381. The maximum absolute atomic E-state index is 12.7. The van der Waals surface area contributed by atoms with Crippen LogP contribution < -0.4 is 5.43 Å². The van der Waals surface area contributed by atoms with Crippen molar-refractivity contribution in [3.8, 4) is 5.75 Å². The molecule has 0 saturated carbocycles. The van der Waals surface area contributed by atoms with Crippen molar-refractivity contribution in [1.29, 1.82) is 0 Å². The molecule has 0 saturated heterocycles. The fourth-order valence-electron chi connectivity index (χ4n) is 4.04. The Balaban J connectivity index is 1.64. The first-order valence-corrected chi connectivity index (χ1v) is 11.8. The van der Waals surface area contributed by atoms with Crippen molar-refractivity contribution in [3.05, 3.63) is 39.7 Å². The van der Waals surface area contributed by atoms with Crippen LogP contribution in [0.1, 0.15) is 113 Å². The van der Waals surface area contributed by atoms with Gasteiger partial charge >= 0.3 is 0 Å². The summed E-state index contributed by atoms with van der Waals surface area (Å²) < 4.78 is 5.61. The predicted molar refractivity (Wildman–Crippen MR) is 124 cm³/mol. The standard InChI is InChI=1S/C26H38O4/c1-3-4-5-6-7-8-9-10-11-12-13-14-15-16-23(28)25-20(2)30-24-19-21(27)17-18-22(24)26(25)29/h17-19,27H,3-16H2,1-2H3. The number of hydrogen-bond acceptors (Lipinski definition) is 4. The molecule has 0 fully saturated rings. The van der Waals surface area contributed by atoms with E-state index < -0.39 is 0 Å². The third kappa shape index (κ3) is 7.62. The van der Waals surface area contributed by atoms with Gasteiger partial charge in [0.1, 0.15) is 22.7 Å². The van der Waals surface area contributed by atoms with Gasteiger partial charge in [0.25, 0.3) is 0 Å². The quantitative estimate of drug-likeness (QED) is 0.242. The zero-order valence-electron chi connectivity index (χ0n) is 18.8. The van der Waals surface area contributed by atoms with E-state index in [-0.39, 0.29) is 22.5 Å². The maximum Gasteiger partial charge on any atom is 0.203 e. The van der Waals surface area contributed by atoms with E-state index in [4.69, 9.17) is 4.42 Å². The normalized spacial score (nSPS) is 11.3. The highest BCUT2D eigenvalue weighted by Gasteiger charge is 2.18. The molecular weight excluding hydrogens is 376 g/mol. The second kappa shape index (κ2) is 13.3. The first-order chi connectivity index (χ1) is 14.5. The van der Waals surface area contributed by atoms with Gasteiger partial charge < -0.3 is 9.52 Å². The van der Waals surface area contributed by atoms with Crippen LogP contribution in [0.15, 0.2) is 27.4 Å². The second-order valence-corrected chi connectivity index (χ2v) is 8.46. The van der Waals surface area contributed by atoms with Crippen molar-refractivity contribution in [2.24, 2.45) is 0 Å². The van der Waals surface area contributed by atoms with Gasteiger partial charge in [0.05, 0.1) is 5.39 Å². The molecule has 0 atom stereocenters. The number of rotatable bonds is 15. The monoisotopic (exact) mass is 414 g/mol. The van der Waals surface area contributed by atoms with Crippen molar-refractivity contribution in [2.45, 2.75) is 104 Å². The molecule has 4 nitrogen and oxygen atoms in total. The van der Waals surface area contributed by atoms with Gasteiger partial charge in [-0.25, -0.2) is 0 Å². The minimum Gasteiger partial charge on any atom is -0.508 e. The summed E-state index contributed by atoms with van der Waals surface area (Å²) in [5, 5.41) is 9.89. The molecule has 1 N–H and O–H groups in total. The molecule has 0 aliphatic rings. The Hall–Kier alpha value is -2.10. The predicted octanol–water partition coefficient (Wildman–Crippen LogP) is 7.47. The molecule has 0 bridgehead atoms. The van der Waals surface area contributed by atoms with Crippen LogP contribution in [-0.2, 0) is 0 Å². The number of aromatic hydroxyl groups is 1. The van der Waals surface area contributed by atoms with Crippen LogP contribution >= 0.6 is 0 Å². The number of hydrogen-bond donors (Lipinski definition) is 1. The third-order valence-electron chi connectivity index (χ3n) is 5.84. The topological polar surface area (TPSA) is 67.5 Å². The zero-order valence-corrected chi connectivity index (χ0v) is 18.8. The number of aryl methyl sites for hydroxylation is 1. The summed E-state index contributed by atoms with van der Waals surface area (Å²) in [7, 11) is 0. The summed E-state index contributed by atoms with van der Waals surface area (Å²) in [6.45, 7) is 3.90. The molecule has 2 aromatic rings. The van der Waals surface area contributed by atoms with Gasteiger partial charge in [0.2, 0.25) is 5.43 Å². The molecule has 0 radical (unpaired) electrons. The molecule has 1 aromatic heterocycles. The molecule has 0 unspecified atom stereocenters. The van der Waals surface area contributed by atoms with E-state index in [1.54, 1.807) is 6.92 Å². The lowest BCUT2D eigenvalue weighted by atomic mass is 10.0. The van der Waals surface area contributed by atoms with Crippen LogP contribution in [0.4, 0.5) is 0 Å². The Labute approximate surface area is 180 Å². The average molecular weight is 415 g/mol. The molecule has 30 heavy (non-hydrogen) atoms. The highest BCUT2D eigenvalue weighted by molar-refractivity contribution is 5.99. The van der Waals surface area contributed by atoms with Crippen LogP contribution in [0.25, 0.3) is 11.0 Å². The SMILES string of the molecule is CCCCCCCCCCCCCCCC(=O)c1c(C)oc2cc(O)ccc2c1=O. The Morgan fingerprint density at radius 2 is 1.40 bits per heavy atom. The van der Waals surface area contributed by atoms with E-state index in [9.17, 15) is 14.7 Å². The van der Waals surface area contributed by atoms with Crippen LogP contribution in [-0.4, -0.2) is 10.9 Å². The lowest BCUT2D eigenvalue weighted by Crippen LogP contribution is -2.17. The molecule has 4 heteroatoms. The molecule has 2 rings (SSSR count). The zero-order chi connectivity index (χ0) is 21.8. The van der Waals surface area contributed by atoms with Crippen LogP contribution in [0, 0.1) is 6.92 Å². The Morgan fingerprint density at radius 1 is 0.867 bits per heavy atom. The number of unbranched alkanes of at least 4 members (excludes halogenated alkanes) is 12. The number of fused-ring (bicyclic) bond motifs is 1. The Kier molecular flexibility index (Phi) is 10.7. The highest BCUT2D eigenvalue weighted by Crippen LogP contribution is 2.21. The van der Waals surface area contributed by atoms with E-state index in [2.05, 4.69) is 6.92 Å². The fraction of sp³-hybridized carbons (Fsp3) is 0.615. The number of phenols is 1. The molecular formula is C26H38O4. The largest absolute Gasteiger partial charge is 0.508 e. The third-order valence-corrected chi connectivity index (χ3v) is 5.84. The van der Waals surface area contributed by atoms with Gasteiger partial charge in [-0.3, -0.25) is 9.59 Å². The number of benzene rings is 1. The lowest BCUT2D eigenvalue weighted by Gasteiger charge is -2.07. The minimum atomic E-state index is -0.298. The van der Waals surface area contributed by atoms with Gasteiger partial charge in [-0.05, 0) is 25.5 Å². The van der Waals surface area contributed by atoms with Crippen molar-refractivity contribution >= 4 is 16.8 Å². The molecule has 0 aliphatic carbocycles. The molecule has 0 amide bonds. The Morgan fingerprint density at radius 3 is 1.97 bits per heavy atom. The molecule has 166 valence electrons. The second-order valence-electron chi connectivity index (χ2n) is 8.46. The van der Waals surface area contributed by atoms with Gasteiger partial charge in [-0.15, -0.1) is 0 Å². The van der Waals surface area contributed by atoms with Crippen LogP contribution in [0.5, 0.6) is 5.75 Å². The van der Waals surface area contributed by atoms with Crippen LogP contribution in [0.3, 0.4) is 0 Å². The van der Waals surface area contributed by atoms with E-state index in [1.807, 2.05) is 0 Å². The molecule has 0 aliphatic heterocycles. The van der Waals surface area contributed by atoms with Crippen molar-refractivity contribution in [3.63, 3.8) is 0 Å². The summed E-state index contributed by atoms with van der Waals surface area (Å²) in [4.78, 5) is 25.3. The van der Waals surface area contributed by atoms with Crippen LogP contribution in [0.2, 0.25) is 0 Å². The maximum atomic E-state index is 12.7. The van der Waals surface area contributed by atoms with Crippen molar-refractivity contribution in [1.82, 2.24) is 0 Å². The highest BCUT2D eigenvalue weighted by atomic mass is 16.3. The van der Waals surface area contributed by atoms with E-state index >= 15 is 0 Å². The van der Waals surface area contributed by atoms with Crippen molar-refractivity contribution in [2.75, 3.05) is 0 Å². The number of phenolic OH excluding ortho intramolecular Hbond substituents is 1. The van der Waals surface area contributed by atoms with Crippen molar-refractivity contribution < 1.29 is 14.3 Å². The van der Waals surface area contributed by atoms with Gasteiger partial charge in [0.15, 0.2) is 5.78 Å². The van der Waals surface area contributed by atoms with E-state index in [0.29, 0.717) is 23.2 Å². The Bertz CT molecular complexity index is 850. The summed E-state index contributed by atoms with van der Waals surface area (Å²) in [6, 6.07) is 4.36. The smallest absolute Gasteiger partial charge is 0.203 e. The van der Waals surface area contributed by atoms with Gasteiger partial charge in [-0.2, -0.15) is 0 Å². The summed E-state index contributed by atoms with van der Waals surface area (Å²) in [6.07, 6.45) is 16.7.